The predicted molar refractivity (Wildman–Crippen MR) is 129 cm³/mol. The number of halogens is 2. The third-order valence-corrected chi connectivity index (χ3v) is 6.21. The summed E-state index contributed by atoms with van der Waals surface area (Å²) in [6.45, 7) is 6.20. The molecular weight excluding hydrogens is 452 g/mol. The number of aromatic nitrogens is 3. The average Bonchev–Trinajstić information content (AvgIpc) is 3.40. The molecule has 9 heteroatoms. The zero-order chi connectivity index (χ0) is 24.8. The van der Waals surface area contributed by atoms with E-state index in [0.29, 0.717) is 36.7 Å². The van der Waals surface area contributed by atoms with Gasteiger partial charge in [0.1, 0.15) is 17.2 Å². The molecule has 7 nitrogen and oxygen atoms in total. The number of hydrogen-bond donors (Lipinski definition) is 1. The molecule has 2 aliphatic heterocycles. The molecule has 0 saturated carbocycles. The zero-order valence-electron chi connectivity index (χ0n) is 20.1. The fourth-order valence-electron chi connectivity index (χ4n) is 4.59. The Kier molecular flexibility index (Phi) is 5.73. The van der Waals surface area contributed by atoms with Gasteiger partial charge in [0.15, 0.2) is 0 Å². The highest BCUT2D eigenvalue weighted by molar-refractivity contribution is 5.88. The molecule has 0 atom stereocenters. The van der Waals surface area contributed by atoms with E-state index in [1.165, 1.54) is 0 Å². The van der Waals surface area contributed by atoms with Crippen LogP contribution in [0.3, 0.4) is 0 Å². The van der Waals surface area contributed by atoms with E-state index in [-0.39, 0.29) is 25.6 Å². The van der Waals surface area contributed by atoms with Gasteiger partial charge in [-0.05, 0) is 38.0 Å². The number of ether oxygens (including phenoxy) is 1. The number of carbonyl (C=O) groups excluding carboxylic acids is 1. The number of benzene rings is 1. The largest absolute Gasteiger partial charge is 0.444 e. The number of H-pyrrole nitrogens is 1. The number of nitrogens with one attached hydrogen (secondary N) is 1. The molecule has 35 heavy (non-hydrogen) atoms. The first-order chi connectivity index (χ1) is 16.6. The van der Waals surface area contributed by atoms with Crippen molar-refractivity contribution in [1.29, 1.82) is 0 Å². The van der Waals surface area contributed by atoms with Crippen LogP contribution < -0.4 is 4.90 Å². The molecule has 0 aliphatic carbocycles. The molecule has 3 aromatic rings. The van der Waals surface area contributed by atoms with Gasteiger partial charge in [-0.15, -0.1) is 0 Å². The Balaban J connectivity index is 1.54. The topological polar surface area (TPSA) is 74.3 Å². The lowest BCUT2D eigenvalue weighted by Crippen LogP contribution is -2.39. The number of aromatic amines is 1. The molecule has 0 radical (unpaired) electrons. The van der Waals surface area contributed by atoms with Gasteiger partial charge in [0.25, 0.3) is 5.92 Å². The first-order valence-corrected chi connectivity index (χ1v) is 11.8. The first kappa shape index (κ1) is 23.3. The number of fused-ring (bicyclic) bond motifs is 1. The highest BCUT2D eigenvalue weighted by atomic mass is 19.3. The van der Waals surface area contributed by atoms with Crippen LogP contribution in [0, 0.1) is 0 Å². The fraction of sp³-hybridized carbons (Fsp3) is 0.423. The van der Waals surface area contributed by atoms with Gasteiger partial charge in [-0.1, -0.05) is 30.3 Å². The Morgan fingerprint density at radius 1 is 1.14 bits per heavy atom. The van der Waals surface area contributed by atoms with Gasteiger partial charge in [-0.25, -0.2) is 23.5 Å². The maximum absolute atomic E-state index is 14.1. The van der Waals surface area contributed by atoms with E-state index in [9.17, 15) is 13.6 Å². The number of carbonyl (C=O) groups is 1. The van der Waals surface area contributed by atoms with Crippen molar-refractivity contribution >= 4 is 11.9 Å². The van der Waals surface area contributed by atoms with E-state index < -0.39 is 11.5 Å². The minimum Gasteiger partial charge on any atom is -0.444 e. The minimum atomic E-state index is -2.75. The highest BCUT2D eigenvalue weighted by Crippen LogP contribution is 2.40. The van der Waals surface area contributed by atoms with Crippen molar-refractivity contribution < 1.29 is 18.3 Å². The minimum absolute atomic E-state index is 0.205. The number of nitrogens with zero attached hydrogens (tertiary/aromatic N) is 4. The van der Waals surface area contributed by atoms with Gasteiger partial charge in [0.05, 0.1) is 30.0 Å². The van der Waals surface area contributed by atoms with Crippen molar-refractivity contribution in [3.05, 3.63) is 54.0 Å². The van der Waals surface area contributed by atoms with Crippen molar-refractivity contribution in [2.75, 3.05) is 24.5 Å². The van der Waals surface area contributed by atoms with E-state index in [1.807, 2.05) is 57.2 Å². The lowest BCUT2D eigenvalue weighted by Gasteiger charge is -2.29. The normalized spacial score (nSPS) is 17.4. The Morgan fingerprint density at radius 3 is 2.60 bits per heavy atom. The Bertz CT molecular complexity index is 1240. The summed E-state index contributed by atoms with van der Waals surface area (Å²) >= 11 is 0. The van der Waals surface area contributed by atoms with E-state index in [0.717, 1.165) is 22.5 Å². The van der Waals surface area contributed by atoms with Gasteiger partial charge in [0, 0.05) is 32.1 Å². The van der Waals surface area contributed by atoms with Gasteiger partial charge < -0.3 is 19.5 Å². The maximum atomic E-state index is 14.1. The molecule has 0 unspecified atom stereocenters. The van der Waals surface area contributed by atoms with Crippen LogP contribution >= 0.6 is 0 Å². The number of rotatable bonds is 3. The van der Waals surface area contributed by atoms with Crippen LogP contribution in [0.1, 0.15) is 38.6 Å². The second kappa shape index (κ2) is 8.62. The predicted octanol–water partition coefficient (Wildman–Crippen LogP) is 5.28. The summed E-state index contributed by atoms with van der Waals surface area (Å²) in [6, 6.07) is 11.7. The Labute approximate surface area is 203 Å². The molecule has 2 aliphatic rings. The smallest absolute Gasteiger partial charge is 0.410 e. The van der Waals surface area contributed by atoms with Crippen molar-refractivity contribution in [2.45, 2.75) is 51.7 Å². The van der Waals surface area contributed by atoms with Crippen molar-refractivity contribution in [2.24, 2.45) is 0 Å². The molecular formula is C26H29F2N5O2. The Morgan fingerprint density at radius 2 is 1.91 bits per heavy atom. The fourth-order valence-corrected chi connectivity index (χ4v) is 4.59. The molecule has 2 aromatic heterocycles. The summed E-state index contributed by atoms with van der Waals surface area (Å²) in [7, 11) is 0. The van der Waals surface area contributed by atoms with Crippen LogP contribution in [0.25, 0.3) is 22.5 Å². The summed E-state index contributed by atoms with van der Waals surface area (Å²) in [6.07, 6.45) is 1.66. The van der Waals surface area contributed by atoms with Crippen LogP contribution in [-0.2, 0) is 17.7 Å². The molecule has 1 N–H and O–H groups in total. The van der Waals surface area contributed by atoms with E-state index in [4.69, 9.17) is 9.72 Å². The molecule has 1 fully saturated rings. The molecule has 4 heterocycles. The first-order valence-electron chi connectivity index (χ1n) is 11.8. The summed E-state index contributed by atoms with van der Waals surface area (Å²) in [5, 5.41) is 0. The summed E-state index contributed by atoms with van der Waals surface area (Å²) in [5.41, 5.74) is 3.60. The van der Waals surface area contributed by atoms with Crippen molar-refractivity contribution in [1.82, 2.24) is 19.9 Å². The SMILES string of the molecule is CC(C)(C)OC(=O)N1CCc2nc(-c3c(-c4ccccc4)ccnc3N3CCC(F)(F)C3)[nH]c2C1. The van der Waals surface area contributed by atoms with E-state index in [1.54, 1.807) is 16.0 Å². The van der Waals surface area contributed by atoms with Crippen molar-refractivity contribution in [3.63, 3.8) is 0 Å². The molecule has 1 aromatic carbocycles. The van der Waals surface area contributed by atoms with Crippen LogP contribution in [-0.4, -0.2) is 57.1 Å². The van der Waals surface area contributed by atoms with Gasteiger partial charge in [0.2, 0.25) is 0 Å². The van der Waals surface area contributed by atoms with Crippen LogP contribution in [0.4, 0.5) is 19.4 Å². The van der Waals surface area contributed by atoms with Gasteiger partial charge >= 0.3 is 6.09 Å². The number of alkyl halides is 2. The number of amides is 1. The van der Waals surface area contributed by atoms with Crippen LogP contribution in [0.5, 0.6) is 0 Å². The Hall–Kier alpha value is -3.49. The molecule has 5 rings (SSSR count). The standard InChI is InChI=1S/C26H29F2N5O2/c1-25(2,3)35-24(34)32-13-10-19-20(15-32)31-22(30-19)21-18(17-7-5-4-6-8-17)9-12-29-23(21)33-14-11-26(27,28)16-33/h4-9,12H,10-11,13-16H2,1-3H3,(H,30,31). The number of hydrogen-bond acceptors (Lipinski definition) is 5. The summed E-state index contributed by atoms with van der Waals surface area (Å²) in [4.78, 5) is 28.7. The summed E-state index contributed by atoms with van der Waals surface area (Å²) in [5.74, 6) is -1.70. The highest BCUT2D eigenvalue weighted by Gasteiger charge is 2.40. The second-order valence-electron chi connectivity index (χ2n) is 10.1. The number of anilines is 1. The molecule has 1 amide bonds. The second-order valence-corrected chi connectivity index (χ2v) is 10.1. The van der Waals surface area contributed by atoms with Crippen molar-refractivity contribution in [3.8, 4) is 22.5 Å². The van der Waals surface area contributed by atoms with Gasteiger partial charge in [-0.2, -0.15) is 0 Å². The molecule has 0 bridgehead atoms. The number of pyridine rings is 1. The van der Waals surface area contributed by atoms with Gasteiger partial charge in [-0.3, -0.25) is 0 Å². The lowest BCUT2D eigenvalue weighted by atomic mass is 10.00. The van der Waals surface area contributed by atoms with E-state index in [2.05, 4.69) is 9.97 Å². The van der Waals surface area contributed by atoms with E-state index >= 15 is 0 Å². The monoisotopic (exact) mass is 481 g/mol. The van der Waals surface area contributed by atoms with Crippen LogP contribution in [0.2, 0.25) is 0 Å². The third kappa shape index (κ3) is 4.85. The zero-order valence-corrected chi connectivity index (χ0v) is 20.1. The third-order valence-electron chi connectivity index (χ3n) is 6.21. The lowest BCUT2D eigenvalue weighted by molar-refractivity contribution is 0.0219. The maximum Gasteiger partial charge on any atom is 0.410 e. The number of imidazole rings is 1. The quantitative estimate of drug-likeness (QED) is 0.551. The molecule has 184 valence electrons. The summed E-state index contributed by atoms with van der Waals surface area (Å²) < 4.78 is 33.8. The van der Waals surface area contributed by atoms with Crippen LogP contribution in [0.15, 0.2) is 42.6 Å². The molecule has 0 spiro atoms. The average molecular weight is 482 g/mol. The molecule has 1 saturated heterocycles.